The van der Waals surface area contributed by atoms with E-state index in [9.17, 15) is 0 Å². The zero-order valence-electron chi connectivity index (χ0n) is 30.8. The molecule has 0 N–H and O–H groups in total. The lowest BCUT2D eigenvalue weighted by Gasteiger charge is -2.16. The molecule has 0 radical (unpaired) electrons. The number of aromatic nitrogens is 2. The highest BCUT2D eigenvalue weighted by atomic mass is 32.1. The normalized spacial score (nSPS) is 11.9. The molecule has 12 aromatic rings. The molecule has 3 heteroatoms. The Morgan fingerprint density at radius 3 is 1.51 bits per heavy atom. The van der Waals surface area contributed by atoms with E-state index in [1.165, 1.54) is 80.3 Å². The predicted octanol–water partition coefficient (Wildman–Crippen LogP) is 15.3. The molecule has 0 saturated carbocycles. The fraction of sp³-hybridized carbons (Fsp3) is 0. The third kappa shape index (κ3) is 4.96. The molecule has 0 aliphatic carbocycles. The topological polar surface area (TPSA) is 25.8 Å². The first-order chi connectivity index (χ1) is 28.3. The van der Waals surface area contributed by atoms with Crippen molar-refractivity contribution in [3.05, 3.63) is 194 Å². The molecule has 2 heterocycles. The van der Waals surface area contributed by atoms with Gasteiger partial charge in [-0.3, -0.25) is 4.98 Å². The lowest BCUT2D eigenvalue weighted by Crippen LogP contribution is -1.93. The molecule has 0 saturated heterocycles. The summed E-state index contributed by atoms with van der Waals surface area (Å²) in [7, 11) is 0. The summed E-state index contributed by atoms with van der Waals surface area (Å²) in [5.41, 5.74) is 11.1. The van der Waals surface area contributed by atoms with Crippen molar-refractivity contribution in [2.75, 3.05) is 0 Å². The number of fused-ring (bicyclic) bond motifs is 11. The van der Waals surface area contributed by atoms with Crippen LogP contribution in [0.4, 0.5) is 0 Å². The van der Waals surface area contributed by atoms with E-state index in [0.29, 0.717) is 0 Å². The predicted molar refractivity (Wildman–Crippen MR) is 244 cm³/mol. The van der Waals surface area contributed by atoms with Crippen molar-refractivity contribution < 1.29 is 0 Å². The molecule has 0 unspecified atom stereocenters. The molecule has 0 atom stereocenters. The highest BCUT2D eigenvalue weighted by Crippen LogP contribution is 2.44. The molecule has 10 aromatic carbocycles. The van der Waals surface area contributed by atoms with E-state index in [1.54, 1.807) is 0 Å². The second-order valence-corrected chi connectivity index (χ2v) is 15.9. The van der Waals surface area contributed by atoms with Gasteiger partial charge >= 0.3 is 0 Å². The molecule has 12 rings (SSSR count). The molecule has 0 aliphatic rings. The van der Waals surface area contributed by atoms with E-state index in [0.717, 1.165) is 38.6 Å². The molecule has 57 heavy (non-hydrogen) atoms. The van der Waals surface area contributed by atoms with Crippen LogP contribution in [0.5, 0.6) is 0 Å². The first-order valence-electron chi connectivity index (χ1n) is 19.4. The summed E-state index contributed by atoms with van der Waals surface area (Å²) in [6.07, 6.45) is 1.93. The van der Waals surface area contributed by atoms with Gasteiger partial charge in [0.1, 0.15) is 0 Å². The standard InChI is InChI=1S/C54H32N2S/c1-2-16-37-36(15-1)35(33-13-9-14-34(31-33)50-32-55-52-46-20-5-3-17-41(46)42-18-4-6-21-47(42)53(52)56-50)29-30-44(37)40-24-10-23-39-38(40)22-11-25-43(39)48-26-12-27-49-45-19-7-8-28-51(45)57-54(48)49/h1-32H. The second kappa shape index (κ2) is 12.7. The molecular weight excluding hydrogens is 709 g/mol. The van der Waals surface area contributed by atoms with Gasteiger partial charge in [0.05, 0.1) is 22.9 Å². The van der Waals surface area contributed by atoms with Crippen molar-refractivity contribution >= 4 is 85.6 Å². The van der Waals surface area contributed by atoms with Crippen LogP contribution >= 0.6 is 11.3 Å². The van der Waals surface area contributed by atoms with Gasteiger partial charge in [0, 0.05) is 42.1 Å². The minimum absolute atomic E-state index is 0.864. The zero-order chi connectivity index (χ0) is 37.5. The van der Waals surface area contributed by atoms with Crippen molar-refractivity contribution in [3.8, 4) is 44.6 Å². The molecule has 264 valence electrons. The van der Waals surface area contributed by atoms with Crippen LogP contribution in [-0.4, -0.2) is 9.97 Å². The Bertz CT molecular complexity index is 3560. The Hall–Kier alpha value is -7.20. The van der Waals surface area contributed by atoms with E-state index >= 15 is 0 Å². The van der Waals surface area contributed by atoms with Gasteiger partial charge in [-0.25, -0.2) is 4.98 Å². The Morgan fingerprint density at radius 1 is 0.316 bits per heavy atom. The molecule has 0 bridgehead atoms. The largest absolute Gasteiger partial charge is 0.252 e. The lowest BCUT2D eigenvalue weighted by molar-refractivity contribution is 1.31. The number of nitrogens with zero attached hydrogens (tertiary/aromatic N) is 2. The quantitative estimate of drug-likeness (QED) is 0.168. The van der Waals surface area contributed by atoms with Crippen LogP contribution in [-0.2, 0) is 0 Å². The summed E-state index contributed by atoms with van der Waals surface area (Å²) in [5, 5.41) is 12.3. The van der Waals surface area contributed by atoms with Crippen molar-refractivity contribution in [1.29, 1.82) is 0 Å². The van der Waals surface area contributed by atoms with Gasteiger partial charge in [0.2, 0.25) is 0 Å². The van der Waals surface area contributed by atoms with Crippen molar-refractivity contribution in [2.45, 2.75) is 0 Å². The van der Waals surface area contributed by atoms with E-state index in [1.807, 2.05) is 17.5 Å². The summed E-state index contributed by atoms with van der Waals surface area (Å²) in [5.74, 6) is 0. The summed E-state index contributed by atoms with van der Waals surface area (Å²) >= 11 is 1.89. The molecular formula is C54H32N2S. The second-order valence-electron chi connectivity index (χ2n) is 14.8. The Labute approximate surface area is 333 Å². The summed E-state index contributed by atoms with van der Waals surface area (Å²) in [6, 6.07) is 68.3. The van der Waals surface area contributed by atoms with Crippen molar-refractivity contribution in [3.63, 3.8) is 0 Å². The van der Waals surface area contributed by atoms with E-state index in [-0.39, 0.29) is 0 Å². The van der Waals surface area contributed by atoms with Crippen LogP contribution in [0.1, 0.15) is 0 Å². The number of thiophene rings is 1. The van der Waals surface area contributed by atoms with Gasteiger partial charge in [-0.05, 0) is 72.3 Å². The van der Waals surface area contributed by atoms with Gasteiger partial charge in [0.25, 0.3) is 0 Å². The van der Waals surface area contributed by atoms with Crippen LogP contribution in [0.15, 0.2) is 194 Å². The minimum Gasteiger partial charge on any atom is -0.252 e. The van der Waals surface area contributed by atoms with E-state index < -0.39 is 0 Å². The summed E-state index contributed by atoms with van der Waals surface area (Å²) < 4.78 is 2.66. The summed E-state index contributed by atoms with van der Waals surface area (Å²) in [6.45, 7) is 0. The minimum atomic E-state index is 0.864. The molecule has 2 aromatic heterocycles. The molecule has 0 spiro atoms. The SMILES string of the molecule is c1cc(-c2cnc3c4ccccc4c4ccccc4c3n2)cc(-c2ccc(-c3cccc4c(-c5cccc6c5sc5ccccc56)cccc34)c3ccccc23)c1. The maximum atomic E-state index is 5.30. The van der Waals surface area contributed by atoms with Gasteiger partial charge in [-0.2, -0.15) is 0 Å². The van der Waals surface area contributed by atoms with Gasteiger partial charge < -0.3 is 0 Å². The molecule has 0 aliphatic heterocycles. The van der Waals surface area contributed by atoms with Crippen LogP contribution in [0.3, 0.4) is 0 Å². The highest BCUT2D eigenvalue weighted by molar-refractivity contribution is 7.26. The Balaban J connectivity index is 0.988. The number of hydrogen-bond donors (Lipinski definition) is 0. The summed E-state index contributed by atoms with van der Waals surface area (Å²) in [4.78, 5) is 10.3. The first kappa shape index (κ1) is 32.1. The van der Waals surface area contributed by atoms with E-state index in [2.05, 4.69) is 188 Å². The van der Waals surface area contributed by atoms with Gasteiger partial charge in [-0.15, -0.1) is 11.3 Å². The van der Waals surface area contributed by atoms with Crippen LogP contribution in [0.2, 0.25) is 0 Å². The smallest absolute Gasteiger partial charge is 0.0979 e. The number of rotatable bonds is 4. The highest BCUT2D eigenvalue weighted by Gasteiger charge is 2.17. The zero-order valence-corrected chi connectivity index (χ0v) is 31.6. The van der Waals surface area contributed by atoms with Crippen LogP contribution in [0, 0.1) is 0 Å². The molecule has 2 nitrogen and oxygen atoms in total. The monoisotopic (exact) mass is 740 g/mol. The molecule has 0 fully saturated rings. The average molecular weight is 741 g/mol. The Kier molecular flexibility index (Phi) is 7.13. The van der Waals surface area contributed by atoms with Gasteiger partial charge in [0.15, 0.2) is 0 Å². The third-order valence-electron chi connectivity index (χ3n) is 11.7. The molecule has 0 amide bonds. The Morgan fingerprint density at radius 2 is 0.789 bits per heavy atom. The number of hydrogen-bond acceptors (Lipinski definition) is 3. The third-order valence-corrected chi connectivity index (χ3v) is 12.9. The maximum absolute atomic E-state index is 5.30. The fourth-order valence-electron chi connectivity index (χ4n) is 9.13. The van der Waals surface area contributed by atoms with E-state index in [4.69, 9.17) is 9.97 Å². The lowest BCUT2D eigenvalue weighted by atomic mass is 9.88. The van der Waals surface area contributed by atoms with Crippen LogP contribution in [0.25, 0.3) is 119 Å². The first-order valence-corrected chi connectivity index (χ1v) is 20.2. The average Bonchev–Trinajstić information content (AvgIpc) is 3.67. The van der Waals surface area contributed by atoms with Crippen LogP contribution < -0.4 is 0 Å². The van der Waals surface area contributed by atoms with Gasteiger partial charge in [-0.1, -0.05) is 176 Å². The fourth-order valence-corrected chi connectivity index (χ4v) is 10.4. The van der Waals surface area contributed by atoms with Crippen molar-refractivity contribution in [1.82, 2.24) is 9.97 Å². The maximum Gasteiger partial charge on any atom is 0.0979 e. The van der Waals surface area contributed by atoms with Crippen molar-refractivity contribution in [2.24, 2.45) is 0 Å². The number of benzene rings is 10.